The minimum atomic E-state index is -4.63. The van der Waals surface area contributed by atoms with Gasteiger partial charge in [0.1, 0.15) is 11.3 Å². The Morgan fingerprint density at radius 1 is 1.11 bits per heavy atom. The molecule has 0 aromatic carbocycles. The number of nitrogen functional groups attached to an aromatic ring is 1. The fourth-order valence-electron chi connectivity index (χ4n) is 5.20. The highest BCUT2D eigenvalue weighted by Gasteiger charge is 2.48. The highest BCUT2D eigenvalue weighted by Crippen LogP contribution is 2.40. The van der Waals surface area contributed by atoms with Gasteiger partial charge in [-0.3, -0.25) is 4.90 Å². The highest BCUT2D eigenvalue weighted by atomic mass is 19.4. The van der Waals surface area contributed by atoms with Gasteiger partial charge in [-0.15, -0.1) is 5.10 Å². The standard InChI is InChI=1S/C23H26F3N7O2/c1-14-15(9-31-10-22(11-31)12-35-13-22)6-18-21(32-2-4-34-5-3-32)29-20(30-33(14)18)16-8-28-19(27)7-17(16)23(24,25)26/h6-8H,2-5,9-13H2,1H3,(H2,27,28). The topological polar surface area (TPSA) is 94.0 Å². The van der Waals surface area contributed by atoms with E-state index in [1.54, 1.807) is 4.52 Å². The number of morpholine rings is 1. The number of alkyl halides is 3. The lowest BCUT2D eigenvalue weighted by Gasteiger charge is -2.55. The Kier molecular flexibility index (Phi) is 5.17. The highest BCUT2D eigenvalue weighted by molar-refractivity contribution is 5.74. The number of nitrogens with zero attached hydrogens (tertiary/aromatic N) is 6. The molecule has 3 fully saturated rings. The monoisotopic (exact) mass is 489 g/mol. The summed E-state index contributed by atoms with van der Waals surface area (Å²) in [5, 5.41) is 4.56. The molecule has 35 heavy (non-hydrogen) atoms. The third-order valence-corrected chi connectivity index (χ3v) is 7.07. The van der Waals surface area contributed by atoms with Crippen molar-refractivity contribution in [3.63, 3.8) is 0 Å². The van der Waals surface area contributed by atoms with Gasteiger partial charge in [0.25, 0.3) is 0 Å². The van der Waals surface area contributed by atoms with Crippen LogP contribution >= 0.6 is 0 Å². The van der Waals surface area contributed by atoms with Crippen molar-refractivity contribution in [1.82, 2.24) is 24.5 Å². The van der Waals surface area contributed by atoms with Crippen LogP contribution in [0.2, 0.25) is 0 Å². The molecule has 0 amide bonds. The first-order valence-corrected chi connectivity index (χ1v) is 11.6. The average molecular weight is 490 g/mol. The predicted octanol–water partition coefficient (Wildman–Crippen LogP) is 2.37. The zero-order valence-electron chi connectivity index (χ0n) is 19.3. The van der Waals surface area contributed by atoms with Crippen LogP contribution in [0, 0.1) is 12.3 Å². The SMILES string of the molecule is Cc1c(CN2CC3(COC3)C2)cc2c(N3CCOCC3)nc(-c3cnc(N)cc3C(F)(F)F)nn12. The second kappa shape index (κ2) is 8.04. The molecule has 0 saturated carbocycles. The van der Waals surface area contributed by atoms with Crippen molar-refractivity contribution in [2.24, 2.45) is 5.41 Å². The molecule has 3 aliphatic rings. The van der Waals surface area contributed by atoms with Crippen LogP contribution in [0.5, 0.6) is 0 Å². The maximum Gasteiger partial charge on any atom is 0.417 e. The smallest absolute Gasteiger partial charge is 0.384 e. The minimum Gasteiger partial charge on any atom is -0.384 e. The van der Waals surface area contributed by atoms with Crippen LogP contribution < -0.4 is 10.6 Å². The van der Waals surface area contributed by atoms with E-state index in [1.807, 2.05) is 11.8 Å². The van der Waals surface area contributed by atoms with E-state index in [4.69, 9.17) is 15.2 Å². The summed E-state index contributed by atoms with van der Waals surface area (Å²) in [6, 6.07) is 2.88. The van der Waals surface area contributed by atoms with Gasteiger partial charge >= 0.3 is 6.18 Å². The largest absolute Gasteiger partial charge is 0.417 e. The van der Waals surface area contributed by atoms with Crippen molar-refractivity contribution in [3.05, 3.63) is 35.2 Å². The fraction of sp³-hybridized carbons (Fsp3) is 0.522. The lowest BCUT2D eigenvalue weighted by molar-refractivity contribution is -0.191. The Hall–Kier alpha value is -2.96. The average Bonchev–Trinajstić information content (AvgIpc) is 3.09. The van der Waals surface area contributed by atoms with Crippen molar-refractivity contribution in [3.8, 4) is 11.4 Å². The van der Waals surface area contributed by atoms with Crippen LogP contribution in [-0.2, 0) is 22.2 Å². The summed E-state index contributed by atoms with van der Waals surface area (Å²) in [5.74, 6) is 0.336. The molecule has 6 rings (SSSR count). The van der Waals surface area contributed by atoms with Crippen molar-refractivity contribution in [2.75, 3.05) is 63.2 Å². The lowest BCUT2D eigenvalue weighted by Crippen LogP contribution is -2.65. The number of fused-ring (bicyclic) bond motifs is 1. The molecule has 186 valence electrons. The van der Waals surface area contributed by atoms with E-state index in [0.717, 1.165) is 61.9 Å². The maximum absolute atomic E-state index is 13.9. The molecule has 3 aromatic heterocycles. The van der Waals surface area contributed by atoms with Gasteiger partial charge in [-0.1, -0.05) is 0 Å². The van der Waals surface area contributed by atoms with Gasteiger partial charge < -0.3 is 20.1 Å². The summed E-state index contributed by atoms with van der Waals surface area (Å²) >= 11 is 0. The summed E-state index contributed by atoms with van der Waals surface area (Å²) in [6.07, 6.45) is -3.53. The molecule has 3 saturated heterocycles. The number of ether oxygens (including phenoxy) is 2. The molecule has 0 aliphatic carbocycles. The summed E-state index contributed by atoms with van der Waals surface area (Å²) in [6.45, 7) is 8.50. The molecule has 0 radical (unpaired) electrons. The van der Waals surface area contributed by atoms with Crippen molar-refractivity contribution >= 4 is 17.2 Å². The molecule has 3 aromatic rings. The maximum atomic E-state index is 13.9. The second-order valence-electron chi connectivity index (χ2n) is 9.70. The third-order valence-electron chi connectivity index (χ3n) is 7.07. The molecular formula is C23H26F3N7O2. The number of likely N-dealkylation sites (tertiary alicyclic amines) is 1. The Morgan fingerprint density at radius 2 is 1.86 bits per heavy atom. The number of halogens is 3. The first-order chi connectivity index (χ1) is 16.7. The molecule has 0 bridgehead atoms. The van der Waals surface area contributed by atoms with Gasteiger partial charge in [0.05, 0.1) is 37.6 Å². The number of hydrogen-bond acceptors (Lipinski definition) is 8. The quantitative estimate of drug-likeness (QED) is 0.597. The van der Waals surface area contributed by atoms with Crippen LogP contribution in [0.1, 0.15) is 16.8 Å². The lowest BCUT2D eigenvalue weighted by atomic mass is 9.78. The van der Waals surface area contributed by atoms with Gasteiger partial charge in [0, 0.05) is 50.0 Å². The van der Waals surface area contributed by atoms with Crippen molar-refractivity contribution in [1.29, 1.82) is 0 Å². The van der Waals surface area contributed by atoms with Crippen molar-refractivity contribution in [2.45, 2.75) is 19.6 Å². The fourth-order valence-corrected chi connectivity index (χ4v) is 5.20. The molecule has 12 heteroatoms. The van der Waals surface area contributed by atoms with E-state index in [-0.39, 0.29) is 17.2 Å². The number of rotatable bonds is 4. The Morgan fingerprint density at radius 3 is 2.51 bits per heavy atom. The molecule has 1 spiro atoms. The number of hydrogen-bond donors (Lipinski definition) is 1. The predicted molar refractivity (Wildman–Crippen MR) is 122 cm³/mol. The summed E-state index contributed by atoms with van der Waals surface area (Å²) in [4.78, 5) is 12.9. The molecule has 0 unspecified atom stereocenters. The Balaban J connectivity index is 1.45. The summed E-state index contributed by atoms with van der Waals surface area (Å²) < 4.78 is 54.2. The first-order valence-electron chi connectivity index (χ1n) is 11.6. The number of nitrogens with two attached hydrogens (primary N) is 1. The van der Waals surface area contributed by atoms with Gasteiger partial charge in [0.15, 0.2) is 11.6 Å². The van der Waals surface area contributed by atoms with Gasteiger partial charge in [-0.05, 0) is 24.6 Å². The van der Waals surface area contributed by atoms with Crippen LogP contribution in [0.15, 0.2) is 18.3 Å². The zero-order chi connectivity index (χ0) is 24.4. The van der Waals surface area contributed by atoms with Gasteiger partial charge in [-0.25, -0.2) is 14.5 Å². The third kappa shape index (κ3) is 3.89. The summed E-state index contributed by atoms with van der Waals surface area (Å²) in [5.41, 5.74) is 7.48. The van der Waals surface area contributed by atoms with Crippen LogP contribution in [-0.4, -0.2) is 77.1 Å². The minimum absolute atomic E-state index is 0.0430. The van der Waals surface area contributed by atoms with E-state index in [9.17, 15) is 13.2 Å². The number of aryl methyl sites for hydroxylation is 1. The molecule has 2 N–H and O–H groups in total. The van der Waals surface area contributed by atoms with E-state index < -0.39 is 11.7 Å². The van der Waals surface area contributed by atoms with Gasteiger partial charge in [0.2, 0.25) is 0 Å². The van der Waals surface area contributed by atoms with Crippen molar-refractivity contribution < 1.29 is 22.6 Å². The molecule has 0 atom stereocenters. The molecule has 9 nitrogen and oxygen atoms in total. The normalized spacial score (nSPS) is 20.3. The van der Waals surface area contributed by atoms with Crippen LogP contribution in [0.3, 0.4) is 0 Å². The Bertz CT molecular complexity index is 1270. The molecule has 3 aliphatic heterocycles. The molecular weight excluding hydrogens is 463 g/mol. The van der Waals surface area contributed by atoms with E-state index in [1.165, 1.54) is 0 Å². The molecule has 6 heterocycles. The van der Waals surface area contributed by atoms with Crippen LogP contribution in [0.25, 0.3) is 16.9 Å². The van der Waals surface area contributed by atoms with E-state index >= 15 is 0 Å². The number of aromatic nitrogens is 4. The number of anilines is 2. The zero-order valence-corrected chi connectivity index (χ0v) is 19.3. The van der Waals surface area contributed by atoms with Crippen LogP contribution in [0.4, 0.5) is 24.8 Å². The summed E-state index contributed by atoms with van der Waals surface area (Å²) in [7, 11) is 0. The van der Waals surface area contributed by atoms with E-state index in [0.29, 0.717) is 37.5 Å². The first kappa shape index (κ1) is 22.5. The Labute approximate surface area is 199 Å². The van der Waals surface area contributed by atoms with Gasteiger partial charge in [-0.2, -0.15) is 13.2 Å². The number of pyridine rings is 1. The van der Waals surface area contributed by atoms with E-state index in [2.05, 4.69) is 26.0 Å². The second-order valence-corrected chi connectivity index (χ2v) is 9.70.